The second kappa shape index (κ2) is 2.94. The summed E-state index contributed by atoms with van der Waals surface area (Å²) < 4.78 is 0. The summed E-state index contributed by atoms with van der Waals surface area (Å²) in [5, 5.41) is 0. The zero-order valence-corrected chi connectivity index (χ0v) is 11.4. The van der Waals surface area contributed by atoms with Crippen molar-refractivity contribution in [3.8, 4) is 0 Å². The topological polar surface area (TPSA) is 0 Å². The van der Waals surface area contributed by atoms with Crippen LogP contribution >= 0.6 is 0 Å². The van der Waals surface area contributed by atoms with Crippen molar-refractivity contribution in [3.63, 3.8) is 0 Å². The third kappa shape index (κ3) is 1.02. The minimum absolute atomic E-state index is 0.551. The summed E-state index contributed by atoms with van der Waals surface area (Å²) in [7, 11) is 0. The molecule has 0 aromatic heterocycles. The van der Waals surface area contributed by atoms with Crippen LogP contribution in [0.15, 0.2) is 11.6 Å². The fraction of sp³-hybridized carbons (Fsp3) is 0.875. The first-order valence-electron chi connectivity index (χ1n) is 7.10. The smallest absolute Gasteiger partial charge is 0.00568 e. The van der Waals surface area contributed by atoms with Crippen molar-refractivity contribution in [2.24, 2.45) is 22.2 Å². The second-order valence-corrected chi connectivity index (χ2v) is 7.51. The summed E-state index contributed by atoms with van der Waals surface area (Å²) in [6, 6.07) is 0. The monoisotopic (exact) mass is 218 g/mol. The van der Waals surface area contributed by atoms with E-state index in [0.29, 0.717) is 16.2 Å². The largest absolute Gasteiger partial charge is 0.0844 e. The number of hydrogen-bond donors (Lipinski definition) is 0. The Morgan fingerprint density at radius 3 is 2.62 bits per heavy atom. The van der Waals surface area contributed by atoms with Crippen molar-refractivity contribution >= 4 is 0 Å². The lowest BCUT2D eigenvalue weighted by Crippen LogP contribution is -2.45. The number of allylic oxidation sites excluding steroid dienone is 2. The molecule has 0 radical (unpaired) electrons. The summed E-state index contributed by atoms with van der Waals surface area (Å²) in [5.41, 5.74) is 3.50. The van der Waals surface area contributed by atoms with Crippen molar-refractivity contribution in [1.29, 1.82) is 0 Å². The molecule has 3 aliphatic carbocycles. The quantitative estimate of drug-likeness (QED) is 0.505. The lowest BCUT2D eigenvalue weighted by molar-refractivity contribution is -0.0264. The molecule has 90 valence electrons. The predicted octanol–water partition coefficient (Wildman–Crippen LogP) is 4.95. The van der Waals surface area contributed by atoms with Gasteiger partial charge in [-0.05, 0) is 61.2 Å². The molecule has 3 rings (SSSR count). The van der Waals surface area contributed by atoms with Gasteiger partial charge < -0.3 is 0 Å². The van der Waals surface area contributed by atoms with E-state index in [2.05, 4.69) is 33.8 Å². The minimum atomic E-state index is 0.551. The average molecular weight is 218 g/mol. The molecule has 0 bridgehead atoms. The van der Waals surface area contributed by atoms with Crippen molar-refractivity contribution < 1.29 is 0 Å². The summed E-state index contributed by atoms with van der Waals surface area (Å²) in [6.45, 7) is 10.0. The minimum Gasteiger partial charge on any atom is -0.0844 e. The van der Waals surface area contributed by atoms with Gasteiger partial charge in [0, 0.05) is 0 Å². The van der Waals surface area contributed by atoms with Gasteiger partial charge in [0.1, 0.15) is 0 Å². The van der Waals surface area contributed by atoms with E-state index in [0.717, 1.165) is 5.92 Å². The Balaban J connectivity index is 2.07. The van der Waals surface area contributed by atoms with Crippen LogP contribution in [0.3, 0.4) is 0 Å². The molecule has 0 nitrogen and oxygen atoms in total. The van der Waals surface area contributed by atoms with Crippen LogP contribution in [0.4, 0.5) is 0 Å². The van der Waals surface area contributed by atoms with Crippen LogP contribution in [-0.4, -0.2) is 0 Å². The molecule has 2 saturated carbocycles. The van der Waals surface area contributed by atoms with Gasteiger partial charge in [0.25, 0.3) is 0 Å². The van der Waals surface area contributed by atoms with Crippen LogP contribution in [0.25, 0.3) is 0 Å². The van der Waals surface area contributed by atoms with Gasteiger partial charge >= 0.3 is 0 Å². The first-order chi connectivity index (χ1) is 7.42. The van der Waals surface area contributed by atoms with Gasteiger partial charge in [-0.3, -0.25) is 0 Å². The molecule has 0 amide bonds. The molecule has 2 fully saturated rings. The van der Waals surface area contributed by atoms with Crippen molar-refractivity contribution in [2.75, 3.05) is 0 Å². The molecule has 16 heavy (non-hydrogen) atoms. The Morgan fingerprint density at radius 2 is 1.88 bits per heavy atom. The third-order valence-corrected chi connectivity index (χ3v) is 6.73. The second-order valence-electron chi connectivity index (χ2n) is 7.51. The van der Waals surface area contributed by atoms with Gasteiger partial charge in [-0.2, -0.15) is 0 Å². The highest BCUT2D eigenvalue weighted by Gasteiger charge is 2.63. The molecule has 3 unspecified atom stereocenters. The zero-order valence-electron chi connectivity index (χ0n) is 11.4. The van der Waals surface area contributed by atoms with Gasteiger partial charge in [-0.25, -0.2) is 0 Å². The van der Waals surface area contributed by atoms with Gasteiger partial charge in [0.05, 0.1) is 0 Å². The van der Waals surface area contributed by atoms with E-state index in [-0.39, 0.29) is 0 Å². The molecular weight excluding hydrogens is 192 g/mol. The molecule has 0 N–H and O–H groups in total. The maximum atomic E-state index is 2.56. The van der Waals surface area contributed by atoms with Crippen LogP contribution in [0.1, 0.15) is 66.2 Å². The average Bonchev–Trinajstić information content (AvgIpc) is 2.62. The predicted molar refractivity (Wildman–Crippen MR) is 69.3 cm³/mol. The highest BCUT2D eigenvalue weighted by molar-refractivity contribution is 5.30. The van der Waals surface area contributed by atoms with Crippen LogP contribution in [0, 0.1) is 22.2 Å². The number of hydrogen-bond acceptors (Lipinski definition) is 0. The lowest BCUT2D eigenvalue weighted by Gasteiger charge is -2.53. The van der Waals surface area contributed by atoms with Crippen LogP contribution in [0.5, 0.6) is 0 Å². The SMILES string of the molecule is CC1=CCC23CCCC(C)(C)C2CCC13C. The van der Waals surface area contributed by atoms with E-state index >= 15 is 0 Å². The Bertz CT molecular complexity index is 349. The summed E-state index contributed by atoms with van der Waals surface area (Å²) in [4.78, 5) is 0. The molecule has 0 aromatic carbocycles. The molecule has 3 atom stereocenters. The normalized spacial score (nSPS) is 49.8. The van der Waals surface area contributed by atoms with Gasteiger partial charge in [0.2, 0.25) is 0 Å². The van der Waals surface area contributed by atoms with Gasteiger partial charge in [-0.1, -0.05) is 38.8 Å². The molecule has 1 spiro atoms. The standard InChI is InChI=1S/C16H26/c1-12-6-11-16-9-5-8-14(2,3)13(16)7-10-15(12,16)4/h6,13H,5,7-11H2,1-4H3. The van der Waals surface area contributed by atoms with E-state index in [9.17, 15) is 0 Å². The number of rotatable bonds is 0. The first kappa shape index (κ1) is 10.9. The van der Waals surface area contributed by atoms with E-state index in [1.54, 1.807) is 5.57 Å². The van der Waals surface area contributed by atoms with Crippen molar-refractivity contribution in [1.82, 2.24) is 0 Å². The molecule has 0 saturated heterocycles. The zero-order chi connectivity index (χ0) is 11.6. The summed E-state index contributed by atoms with van der Waals surface area (Å²) in [6.07, 6.45) is 11.3. The van der Waals surface area contributed by atoms with E-state index < -0.39 is 0 Å². The fourth-order valence-electron chi connectivity index (χ4n) is 5.59. The Kier molecular flexibility index (Phi) is 2.00. The van der Waals surface area contributed by atoms with Crippen molar-refractivity contribution in [3.05, 3.63) is 11.6 Å². The van der Waals surface area contributed by atoms with Crippen LogP contribution in [-0.2, 0) is 0 Å². The van der Waals surface area contributed by atoms with E-state index in [1.165, 1.54) is 38.5 Å². The highest BCUT2D eigenvalue weighted by Crippen LogP contribution is 2.72. The Morgan fingerprint density at radius 1 is 1.12 bits per heavy atom. The van der Waals surface area contributed by atoms with Crippen LogP contribution in [0.2, 0.25) is 0 Å². The highest BCUT2D eigenvalue weighted by atomic mass is 14.7. The van der Waals surface area contributed by atoms with Crippen molar-refractivity contribution in [2.45, 2.75) is 66.2 Å². The molecule has 0 heteroatoms. The maximum absolute atomic E-state index is 2.56. The van der Waals surface area contributed by atoms with Crippen LogP contribution < -0.4 is 0 Å². The third-order valence-electron chi connectivity index (χ3n) is 6.73. The molecule has 0 aliphatic heterocycles. The van der Waals surface area contributed by atoms with Gasteiger partial charge in [0.15, 0.2) is 0 Å². The Labute approximate surface area is 101 Å². The summed E-state index contributed by atoms with van der Waals surface area (Å²) in [5.74, 6) is 0.979. The van der Waals surface area contributed by atoms with Gasteiger partial charge in [-0.15, -0.1) is 0 Å². The molecule has 0 heterocycles. The summed E-state index contributed by atoms with van der Waals surface area (Å²) >= 11 is 0. The molecule has 0 aromatic rings. The molecule has 3 aliphatic rings. The maximum Gasteiger partial charge on any atom is -0.00568 e. The first-order valence-corrected chi connectivity index (χ1v) is 7.10. The van der Waals surface area contributed by atoms with E-state index in [4.69, 9.17) is 0 Å². The Hall–Kier alpha value is -0.260. The fourth-order valence-corrected chi connectivity index (χ4v) is 5.59. The van der Waals surface area contributed by atoms with E-state index in [1.807, 2.05) is 0 Å². The lowest BCUT2D eigenvalue weighted by atomic mass is 9.51. The molecular formula is C16H26.